The lowest BCUT2D eigenvalue weighted by Crippen LogP contribution is -2.30. The van der Waals surface area contributed by atoms with E-state index >= 15 is 0 Å². The summed E-state index contributed by atoms with van der Waals surface area (Å²) < 4.78 is 0. The fourth-order valence-corrected chi connectivity index (χ4v) is 1.35. The van der Waals surface area contributed by atoms with Gasteiger partial charge in [0.15, 0.2) is 0 Å². The molecule has 1 heterocycles. The molecule has 0 atom stereocenters. The zero-order valence-corrected chi connectivity index (χ0v) is 11.5. The number of hydrogen-bond acceptors (Lipinski definition) is 4. The van der Waals surface area contributed by atoms with E-state index in [1.165, 1.54) is 0 Å². The van der Waals surface area contributed by atoms with E-state index in [9.17, 15) is 4.79 Å². The Morgan fingerprint density at radius 3 is 2.33 bits per heavy atom. The van der Waals surface area contributed by atoms with E-state index in [-0.39, 0.29) is 11.9 Å². The van der Waals surface area contributed by atoms with Crippen molar-refractivity contribution in [1.29, 1.82) is 0 Å². The summed E-state index contributed by atoms with van der Waals surface area (Å²) in [5.41, 5.74) is 0.484. The molecule has 1 rings (SSSR count). The van der Waals surface area contributed by atoms with Gasteiger partial charge >= 0.3 is 0 Å². The summed E-state index contributed by atoms with van der Waals surface area (Å²) in [6.07, 6.45) is 4.16. The predicted octanol–water partition coefficient (Wildman–Crippen LogP) is 2.07. The molecule has 100 valence electrons. The lowest BCUT2D eigenvalue weighted by Gasteiger charge is -2.09. The average Bonchev–Trinajstić information content (AvgIpc) is 2.28. The maximum Gasteiger partial charge on any atom is 0.254 e. The van der Waals surface area contributed by atoms with Gasteiger partial charge in [-0.3, -0.25) is 4.79 Å². The molecule has 0 spiro atoms. The minimum Gasteiger partial charge on any atom is -0.354 e. The smallest absolute Gasteiger partial charge is 0.254 e. The standard InChI is InChI=1S/C13H22N4O/c1-9(2)5-6-14-13-15-7-11(8-16-13)12(18)17-10(3)4/h7-10H,5-6H2,1-4H3,(H,17,18)(H,14,15,16). The molecule has 18 heavy (non-hydrogen) atoms. The molecule has 0 aromatic carbocycles. The third-order valence-electron chi connectivity index (χ3n) is 2.34. The molecular formula is C13H22N4O. The molecule has 0 fully saturated rings. The van der Waals surface area contributed by atoms with E-state index in [1.54, 1.807) is 12.4 Å². The lowest BCUT2D eigenvalue weighted by molar-refractivity contribution is 0.0942. The van der Waals surface area contributed by atoms with Crippen LogP contribution in [0.15, 0.2) is 12.4 Å². The van der Waals surface area contributed by atoms with E-state index < -0.39 is 0 Å². The topological polar surface area (TPSA) is 66.9 Å². The lowest BCUT2D eigenvalue weighted by atomic mass is 10.1. The Kier molecular flexibility index (Phi) is 5.55. The summed E-state index contributed by atoms with van der Waals surface area (Å²) in [5, 5.41) is 5.93. The van der Waals surface area contributed by atoms with Crippen LogP contribution in [0.25, 0.3) is 0 Å². The highest BCUT2D eigenvalue weighted by Gasteiger charge is 2.07. The van der Waals surface area contributed by atoms with Crippen molar-refractivity contribution in [2.45, 2.75) is 40.2 Å². The molecule has 0 aliphatic carbocycles. The molecule has 1 aromatic heterocycles. The Morgan fingerprint density at radius 1 is 1.22 bits per heavy atom. The van der Waals surface area contributed by atoms with E-state index in [1.807, 2.05) is 13.8 Å². The number of nitrogens with zero attached hydrogens (tertiary/aromatic N) is 2. The van der Waals surface area contributed by atoms with Gasteiger partial charge in [0, 0.05) is 25.0 Å². The Morgan fingerprint density at radius 2 is 1.83 bits per heavy atom. The first kappa shape index (κ1) is 14.4. The maximum absolute atomic E-state index is 11.7. The third-order valence-corrected chi connectivity index (χ3v) is 2.34. The van der Waals surface area contributed by atoms with Crippen molar-refractivity contribution in [1.82, 2.24) is 15.3 Å². The molecule has 5 heteroatoms. The van der Waals surface area contributed by atoms with Crippen molar-refractivity contribution >= 4 is 11.9 Å². The van der Waals surface area contributed by atoms with Crippen LogP contribution in [-0.4, -0.2) is 28.5 Å². The van der Waals surface area contributed by atoms with Crippen LogP contribution in [0.4, 0.5) is 5.95 Å². The van der Waals surface area contributed by atoms with Crippen LogP contribution in [-0.2, 0) is 0 Å². The number of hydrogen-bond donors (Lipinski definition) is 2. The molecule has 0 saturated heterocycles. The molecule has 1 aromatic rings. The van der Waals surface area contributed by atoms with Gasteiger partial charge in [0.05, 0.1) is 5.56 Å². The summed E-state index contributed by atoms with van der Waals surface area (Å²) in [4.78, 5) is 19.9. The van der Waals surface area contributed by atoms with Gasteiger partial charge in [-0.1, -0.05) is 13.8 Å². The second-order valence-corrected chi connectivity index (χ2v) is 5.03. The van der Waals surface area contributed by atoms with Crippen molar-refractivity contribution in [3.63, 3.8) is 0 Å². The van der Waals surface area contributed by atoms with Gasteiger partial charge in [-0.2, -0.15) is 0 Å². The van der Waals surface area contributed by atoms with Crippen molar-refractivity contribution in [3.8, 4) is 0 Å². The highest BCUT2D eigenvalue weighted by molar-refractivity contribution is 5.93. The Balaban J connectivity index is 2.49. The molecule has 0 radical (unpaired) electrons. The van der Waals surface area contributed by atoms with E-state index in [4.69, 9.17) is 0 Å². The number of carbonyl (C=O) groups excluding carboxylic acids is 1. The van der Waals surface area contributed by atoms with Crippen LogP contribution in [0.3, 0.4) is 0 Å². The van der Waals surface area contributed by atoms with Gasteiger partial charge in [0.25, 0.3) is 5.91 Å². The molecule has 0 bridgehead atoms. The quantitative estimate of drug-likeness (QED) is 0.811. The highest BCUT2D eigenvalue weighted by Crippen LogP contribution is 2.03. The third kappa shape index (κ3) is 5.12. The normalized spacial score (nSPS) is 10.8. The molecule has 0 unspecified atom stereocenters. The van der Waals surface area contributed by atoms with E-state index in [0.717, 1.165) is 13.0 Å². The van der Waals surface area contributed by atoms with Crippen LogP contribution >= 0.6 is 0 Å². The predicted molar refractivity (Wildman–Crippen MR) is 72.6 cm³/mol. The maximum atomic E-state index is 11.7. The van der Waals surface area contributed by atoms with Crippen molar-refractivity contribution in [3.05, 3.63) is 18.0 Å². The van der Waals surface area contributed by atoms with Crippen molar-refractivity contribution in [2.75, 3.05) is 11.9 Å². The summed E-state index contributed by atoms with van der Waals surface area (Å²) >= 11 is 0. The van der Waals surface area contributed by atoms with Gasteiger partial charge in [0.1, 0.15) is 0 Å². The van der Waals surface area contributed by atoms with E-state index in [0.29, 0.717) is 17.4 Å². The number of rotatable bonds is 6. The van der Waals surface area contributed by atoms with Gasteiger partial charge in [-0.15, -0.1) is 0 Å². The van der Waals surface area contributed by atoms with Crippen LogP contribution in [0.5, 0.6) is 0 Å². The number of anilines is 1. The first-order valence-electron chi connectivity index (χ1n) is 6.35. The zero-order chi connectivity index (χ0) is 13.5. The number of nitrogens with one attached hydrogen (secondary N) is 2. The van der Waals surface area contributed by atoms with Crippen LogP contribution in [0.1, 0.15) is 44.5 Å². The molecule has 0 aliphatic heterocycles. The fourth-order valence-electron chi connectivity index (χ4n) is 1.35. The van der Waals surface area contributed by atoms with Crippen LogP contribution in [0.2, 0.25) is 0 Å². The van der Waals surface area contributed by atoms with Crippen LogP contribution in [0, 0.1) is 5.92 Å². The van der Waals surface area contributed by atoms with Gasteiger partial charge < -0.3 is 10.6 Å². The van der Waals surface area contributed by atoms with Crippen molar-refractivity contribution in [2.24, 2.45) is 5.92 Å². The average molecular weight is 250 g/mol. The van der Waals surface area contributed by atoms with Gasteiger partial charge in [-0.25, -0.2) is 9.97 Å². The highest BCUT2D eigenvalue weighted by atomic mass is 16.1. The minimum absolute atomic E-state index is 0.112. The van der Waals surface area contributed by atoms with Gasteiger partial charge in [-0.05, 0) is 26.2 Å². The second kappa shape index (κ2) is 6.93. The molecule has 1 amide bonds. The zero-order valence-electron chi connectivity index (χ0n) is 11.5. The van der Waals surface area contributed by atoms with E-state index in [2.05, 4.69) is 34.4 Å². The summed E-state index contributed by atoms with van der Waals surface area (Å²) in [5.74, 6) is 1.07. The summed E-state index contributed by atoms with van der Waals surface area (Å²) in [6, 6.07) is 0.112. The molecule has 2 N–H and O–H groups in total. The SMILES string of the molecule is CC(C)CCNc1ncc(C(=O)NC(C)C)cn1. The number of amides is 1. The Hall–Kier alpha value is -1.65. The number of carbonyl (C=O) groups is 1. The molecule has 5 nitrogen and oxygen atoms in total. The largest absolute Gasteiger partial charge is 0.354 e. The first-order valence-corrected chi connectivity index (χ1v) is 6.35. The van der Waals surface area contributed by atoms with Crippen molar-refractivity contribution < 1.29 is 4.79 Å². The number of aromatic nitrogens is 2. The summed E-state index contributed by atoms with van der Waals surface area (Å²) in [7, 11) is 0. The molecular weight excluding hydrogens is 228 g/mol. The Labute approximate surface area is 108 Å². The van der Waals surface area contributed by atoms with Crippen LogP contribution < -0.4 is 10.6 Å². The molecule has 0 saturated carbocycles. The van der Waals surface area contributed by atoms with Gasteiger partial charge in [0.2, 0.25) is 5.95 Å². The fraction of sp³-hybridized carbons (Fsp3) is 0.615. The second-order valence-electron chi connectivity index (χ2n) is 5.03. The Bertz CT molecular complexity index is 373. The monoisotopic (exact) mass is 250 g/mol. The molecule has 0 aliphatic rings. The first-order chi connectivity index (χ1) is 8.49. The summed E-state index contributed by atoms with van der Waals surface area (Å²) in [6.45, 7) is 9.01. The minimum atomic E-state index is -0.140.